The molecule has 0 radical (unpaired) electrons. The maximum atomic E-state index is 2.46. The molecule has 0 aromatic heterocycles. The average Bonchev–Trinajstić information content (AvgIpc) is 2.69. The molecule has 1 nitrogen and oxygen atoms in total. The van der Waals surface area contributed by atoms with E-state index in [9.17, 15) is 0 Å². The van der Waals surface area contributed by atoms with Crippen LogP contribution in [0.5, 0.6) is 0 Å². The zero-order chi connectivity index (χ0) is 7.84. The van der Waals surface area contributed by atoms with Crippen LogP contribution in [0.1, 0.15) is 26.2 Å². The molecule has 1 heterocycles. The summed E-state index contributed by atoms with van der Waals surface area (Å²) in [4.78, 5) is 2.46. The van der Waals surface area contributed by atoms with Gasteiger partial charge in [-0.25, -0.2) is 0 Å². The zero-order valence-corrected chi connectivity index (χ0v) is 7.71. The Labute approximate surface area is 70.6 Å². The highest BCUT2D eigenvalue weighted by Crippen LogP contribution is 2.47. The Morgan fingerprint density at radius 2 is 1.82 bits per heavy atom. The number of rotatable bonds is 1. The van der Waals surface area contributed by atoms with E-state index in [1.54, 1.807) is 0 Å². The summed E-state index contributed by atoms with van der Waals surface area (Å²) in [5.41, 5.74) is 0. The van der Waals surface area contributed by atoms with Gasteiger partial charge in [-0.3, -0.25) is 0 Å². The summed E-state index contributed by atoms with van der Waals surface area (Å²) in [5, 5.41) is 0. The van der Waals surface area contributed by atoms with E-state index in [4.69, 9.17) is 0 Å². The third kappa shape index (κ3) is 1.61. The fourth-order valence-corrected chi connectivity index (χ4v) is 2.46. The van der Waals surface area contributed by atoms with Gasteiger partial charge in [-0.1, -0.05) is 6.92 Å². The van der Waals surface area contributed by atoms with Crippen LogP contribution >= 0.6 is 0 Å². The number of nitrogens with zero attached hydrogens (tertiary/aromatic N) is 1. The van der Waals surface area contributed by atoms with Crippen molar-refractivity contribution < 1.29 is 0 Å². The predicted octanol–water partition coefficient (Wildman–Crippen LogP) is 0.902. The largest absolute Gasteiger partial charge is 0.349 e. The van der Waals surface area contributed by atoms with E-state index in [2.05, 4.69) is 19.7 Å². The van der Waals surface area contributed by atoms with Crippen LogP contribution in [0.2, 0.25) is 0 Å². The molecule has 2 atom stereocenters. The van der Waals surface area contributed by atoms with E-state index in [1.807, 2.05) is 0 Å². The number of hydrogen-bond donors (Lipinski definition) is 0. The van der Waals surface area contributed by atoms with Crippen LogP contribution in [0.15, 0.2) is 0 Å². The quantitative estimate of drug-likeness (QED) is 0.503. The van der Waals surface area contributed by atoms with E-state index in [0.717, 1.165) is 17.8 Å². The first-order chi connectivity index (χ1) is 5.27. The van der Waals surface area contributed by atoms with E-state index < -0.39 is 0 Å². The summed E-state index contributed by atoms with van der Waals surface area (Å²) >= 11 is 0. The van der Waals surface area contributed by atoms with Gasteiger partial charge < -0.3 is 4.81 Å². The third-order valence-corrected chi connectivity index (χ3v) is 3.54. The highest BCUT2D eigenvalue weighted by molar-refractivity contribution is 6.04. The van der Waals surface area contributed by atoms with Crippen LogP contribution in [0.4, 0.5) is 0 Å². The normalized spacial score (nSPS) is 40.8. The topological polar surface area (TPSA) is 3.24 Å². The van der Waals surface area contributed by atoms with Crippen molar-refractivity contribution in [1.29, 1.82) is 0 Å². The van der Waals surface area contributed by atoms with E-state index in [-0.39, 0.29) is 0 Å². The Balaban J connectivity index is 1.79. The minimum atomic E-state index is 1.06. The smallest absolute Gasteiger partial charge is 0.185 e. The second-order valence-corrected chi connectivity index (χ2v) is 4.52. The second kappa shape index (κ2) is 2.82. The summed E-state index contributed by atoms with van der Waals surface area (Å²) in [6, 6.07) is 0. The van der Waals surface area contributed by atoms with Gasteiger partial charge in [0.1, 0.15) is 0 Å². The van der Waals surface area contributed by atoms with Gasteiger partial charge in [-0.15, -0.1) is 0 Å². The molecule has 0 N–H and O–H groups in total. The molecule has 1 saturated heterocycles. The fraction of sp³-hybridized carbons (Fsp3) is 1.00. The highest BCUT2D eigenvalue weighted by Gasteiger charge is 2.39. The van der Waals surface area contributed by atoms with Crippen molar-refractivity contribution in [2.75, 3.05) is 13.1 Å². The lowest BCUT2D eigenvalue weighted by atomic mass is 9.90. The lowest BCUT2D eigenvalue weighted by molar-refractivity contribution is 0.254. The Kier molecular flexibility index (Phi) is 1.96. The average molecular weight is 151 g/mol. The molecule has 1 aliphatic heterocycles. The van der Waals surface area contributed by atoms with E-state index in [1.165, 1.54) is 32.4 Å². The molecule has 2 aliphatic rings. The van der Waals surface area contributed by atoms with Crippen molar-refractivity contribution in [3.8, 4) is 0 Å². The van der Waals surface area contributed by atoms with Crippen molar-refractivity contribution in [3.05, 3.63) is 0 Å². The molecule has 0 aromatic carbocycles. The molecule has 0 bridgehead atoms. The van der Waals surface area contributed by atoms with Gasteiger partial charge in [0.05, 0.1) is 0 Å². The molecule has 11 heavy (non-hydrogen) atoms. The van der Waals surface area contributed by atoms with Crippen molar-refractivity contribution in [2.24, 2.45) is 17.8 Å². The molecule has 2 fully saturated rings. The van der Waals surface area contributed by atoms with Crippen LogP contribution in [-0.4, -0.2) is 25.9 Å². The number of hydrogen-bond acceptors (Lipinski definition) is 1. The minimum Gasteiger partial charge on any atom is -0.349 e. The van der Waals surface area contributed by atoms with Gasteiger partial charge in [-0.05, 0) is 50.1 Å². The first-order valence-corrected chi connectivity index (χ1v) is 4.96. The van der Waals surface area contributed by atoms with Crippen LogP contribution in [-0.2, 0) is 0 Å². The molecular formula is C9H18BN. The summed E-state index contributed by atoms with van der Waals surface area (Å²) < 4.78 is 0. The van der Waals surface area contributed by atoms with Gasteiger partial charge in [0.15, 0.2) is 7.98 Å². The molecule has 0 spiro atoms. The summed E-state index contributed by atoms with van der Waals surface area (Å²) in [5.74, 6) is 3.26. The molecule has 62 valence electrons. The summed E-state index contributed by atoms with van der Waals surface area (Å²) in [7, 11) is 2.24. The molecule has 0 aromatic rings. The Hall–Kier alpha value is 0.0249. The molecule has 0 unspecified atom stereocenters. The Morgan fingerprint density at radius 3 is 2.27 bits per heavy atom. The van der Waals surface area contributed by atoms with Crippen molar-refractivity contribution in [1.82, 2.24) is 4.81 Å². The molecule has 2 heteroatoms. The van der Waals surface area contributed by atoms with E-state index in [0.29, 0.717) is 0 Å². The van der Waals surface area contributed by atoms with Crippen molar-refractivity contribution >= 4 is 7.98 Å². The van der Waals surface area contributed by atoms with Crippen LogP contribution in [0, 0.1) is 17.8 Å². The summed E-state index contributed by atoms with van der Waals surface area (Å²) in [6.07, 6.45) is 4.45. The monoisotopic (exact) mass is 151 g/mol. The standard InChI is InChI=1S/C9H18BN/c1-7-6-9(7)8-2-4-11(10)5-3-8/h7-9H,2-6,10H2,1H3/t7-,9+/m1/s1. The predicted molar refractivity (Wildman–Crippen MR) is 50.1 cm³/mol. The maximum absolute atomic E-state index is 2.46. The van der Waals surface area contributed by atoms with Crippen LogP contribution in [0.3, 0.4) is 0 Å². The van der Waals surface area contributed by atoms with Gasteiger partial charge >= 0.3 is 0 Å². The number of piperidine rings is 1. The van der Waals surface area contributed by atoms with Crippen LogP contribution < -0.4 is 0 Å². The zero-order valence-electron chi connectivity index (χ0n) is 7.71. The molecule has 1 aliphatic carbocycles. The van der Waals surface area contributed by atoms with Crippen molar-refractivity contribution in [3.63, 3.8) is 0 Å². The molecular weight excluding hydrogens is 133 g/mol. The third-order valence-electron chi connectivity index (χ3n) is 3.54. The minimum absolute atomic E-state index is 1.06. The van der Waals surface area contributed by atoms with Crippen molar-refractivity contribution in [2.45, 2.75) is 26.2 Å². The van der Waals surface area contributed by atoms with E-state index >= 15 is 0 Å². The lowest BCUT2D eigenvalue weighted by Gasteiger charge is -2.29. The lowest BCUT2D eigenvalue weighted by Crippen LogP contribution is -2.32. The first-order valence-electron chi connectivity index (χ1n) is 4.96. The fourth-order valence-electron chi connectivity index (χ4n) is 2.46. The van der Waals surface area contributed by atoms with Gasteiger partial charge in [-0.2, -0.15) is 0 Å². The van der Waals surface area contributed by atoms with Crippen LogP contribution in [0.25, 0.3) is 0 Å². The molecule has 1 saturated carbocycles. The van der Waals surface area contributed by atoms with Gasteiger partial charge in [0.25, 0.3) is 0 Å². The first kappa shape index (κ1) is 7.66. The highest BCUT2D eigenvalue weighted by atomic mass is 15.0. The Bertz CT molecular complexity index is 140. The second-order valence-electron chi connectivity index (χ2n) is 4.52. The van der Waals surface area contributed by atoms with Gasteiger partial charge in [0.2, 0.25) is 0 Å². The molecule has 2 rings (SSSR count). The Morgan fingerprint density at radius 1 is 1.27 bits per heavy atom. The van der Waals surface area contributed by atoms with Gasteiger partial charge in [0, 0.05) is 0 Å². The summed E-state index contributed by atoms with van der Waals surface area (Å²) in [6.45, 7) is 5.09. The molecule has 0 amide bonds. The SMILES string of the molecule is BN1CCC([C@H]2C[C@H]2C)CC1. The maximum Gasteiger partial charge on any atom is 0.185 e.